The Bertz CT molecular complexity index is 857. The molecule has 0 unspecified atom stereocenters. The number of fused-ring (bicyclic) bond motifs is 8. The van der Waals surface area contributed by atoms with E-state index in [2.05, 4.69) is 20.8 Å². The molecule has 0 radical (unpaired) electrons. The van der Waals surface area contributed by atoms with E-state index in [0.29, 0.717) is 35.7 Å². The Morgan fingerprint density at radius 2 is 1.79 bits per heavy atom. The van der Waals surface area contributed by atoms with E-state index in [9.17, 15) is 10.2 Å². The van der Waals surface area contributed by atoms with Crippen LogP contribution in [0.25, 0.3) is 0 Å². The lowest BCUT2D eigenvalue weighted by Crippen LogP contribution is -2.69. The summed E-state index contributed by atoms with van der Waals surface area (Å²) in [6.45, 7) is 12.6. The fourth-order valence-electron chi connectivity index (χ4n) is 10.8. The van der Waals surface area contributed by atoms with Gasteiger partial charge in [-0.3, -0.25) is 4.99 Å². The van der Waals surface area contributed by atoms with Crippen LogP contribution in [0.5, 0.6) is 0 Å². The average Bonchev–Trinajstić information content (AvgIpc) is 3.06. The molecule has 0 amide bonds. The maximum Gasteiger partial charge on any atom is 0.211 e. The summed E-state index contributed by atoms with van der Waals surface area (Å²) in [4.78, 5) is 4.95. The summed E-state index contributed by atoms with van der Waals surface area (Å²) in [6, 6.07) is 0. The second-order valence-electron chi connectivity index (χ2n) is 13.8. The summed E-state index contributed by atoms with van der Waals surface area (Å²) in [6.07, 6.45) is 9.83. The average molecular weight is 474 g/mol. The number of rotatable bonds is 2. The molecule has 192 valence electrons. The lowest BCUT2D eigenvalue weighted by molar-refractivity contribution is -0.267. The Hall–Kier alpha value is -0.490. The van der Waals surface area contributed by atoms with Crippen LogP contribution in [-0.4, -0.2) is 52.7 Å². The van der Waals surface area contributed by atoms with Crippen LogP contribution in [0.15, 0.2) is 4.99 Å². The minimum atomic E-state index is -0.995. The number of aliphatic hydroxyl groups excluding tert-OH is 1. The summed E-state index contributed by atoms with van der Waals surface area (Å²) in [5.74, 6) is 2.30. The number of nitrogens with zero attached hydrogens (tertiary/aromatic N) is 1. The molecule has 5 heteroatoms. The molecule has 6 rings (SSSR count). The molecular weight excluding hydrogens is 426 g/mol. The normalized spacial score (nSPS) is 58.6. The van der Waals surface area contributed by atoms with Crippen LogP contribution in [0.1, 0.15) is 92.4 Å². The summed E-state index contributed by atoms with van der Waals surface area (Å²) in [7, 11) is 0. The maximum absolute atomic E-state index is 12.3. The monoisotopic (exact) mass is 473 g/mol. The molecular formula is C29H47NO4. The van der Waals surface area contributed by atoms with Gasteiger partial charge >= 0.3 is 0 Å². The van der Waals surface area contributed by atoms with E-state index in [1.165, 1.54) is 25.7 Å². The van der Waals surface area contributed by atoms with Crippen molar-refractivity contribution in [1.29, 1.82) is 0 Å². The van der Waals surface area contributed by atoms with Crippen molar-refractivity contribution in [1.82, 2.24) is 0 Å². The first kappa shape index (κ1) is 23.9. The third-order valence-electron chi connectivity index (χ3n) is 12.0. The Morgan fingerprint density at radius 1 is 1.03 bits per heavy atom. The van der Waals surface area contributed by atoms with Crippen molar-refractivity contribution in [2.75, 3.05) is 13.2 Å². The zero-order valence-corrected chi connectivity index (χ0v) is 22.1. The Morgan fingerprint density at radius 3 is 2.56 bits per heavy atom. The van der Waals surface area contributed by atoms with Gasteiger partial charge in [0.1, 0.15) is 11.3 Å². The molecule has 1 saturated heterocycles. The van der Waals surface area contributed by atoms with Gasteiger partial charge in [-0.1, -0.05) is 20.8 Å². The second kappa shape index (κ2) is 7.76. The van der Waals surface area contributed by atoms with E-state index in [0.717, 1.165) is 50.3 Å². The van der Waals surface area contributed by atoms with Crippen molar-refractivity contribution in [2.24, 2.45) is 51.3 Å². The minimum Gasteiger partial charge on any atom is -0.393 e. The van der Waals surface area contributed by atoms with E-state index in [1.54, 1.807) is 0 Å². The predicted molar refractivity (Wildman–Crippen MR) is 133 cm³/mol. The van der Waals surface area contributed by atoms with Crippen LogP contribution in [0.3, 0.4) is 0 Å². The summed E-state index contributed by atoms with van der Waals surface area (Å²) in [5, 5.41) is 22.6. The van der Waals surface area contributed by atoms with Gasteiger partial charge in [0.15, 0.2) is 0 Å². The largest absolute Gasteiger partial charge is 0.393 e. The van der Waals surface area contributed by atoms with Crippen LogP contribution in [0, 0.1) is 46.3 Å². The highest BCUT2D eigenvalue weighted by Crippen LogP contribution is 2.70. The molecule has 5 fully saturated rings. The fourth-order valence-corrected chi connectivity index (χ4v) is 10.8. The molecule has 6 aliphatic rings. The van der Waals surface area contributed by atoms with Crippen LogP contribution in [-0.2, 0) is 9.47 Å². The highest BCUT2D eigenvalue weighted by molar-refractivity contribution is 5.99. The van der Waals surface area contributed by atoms with E-state index in [4.69, 9.17) is 14.5 Å². The van der Waals surface area contributed by atoms with Crippen LogP contribution in [0.4, 0.5) is 0 Å². The lowest BCUT2D eigenvalue weighted by Gasteiger charge is -2.62. The van der Waals surface area contributed by atoms with Crippen molar-refractivity contribution in [3.05, 3.63) is 0 Å². The molecule has 0 spiro atoms. The van der Waals surface area contributed by atoms with Gasteiger partial charge in [0.2, 0.25) is 5.79 Å². The van der Waals surface area contributed by atoms with Gasteiger partial charge in [0.05, 0.1) is 12.2 Å². The molecule has 0 aromatic carbocycles. The molecule has 4 saturated carbocycles. The maximum atomic E-state index is 12.3. The van der Waals surface area contributed by atoms with Crippen LogP contribution in [0.2, 0.25) is 0 Å². The number of hydrogen-bond donors (Lipinski definition) is 2. The number of aliphatic imine (C=N–C) groups is 1. The van der Waals surface area contributed by atoms with Crippen LogP contribution < -0.4 is 0 Å². The van der Waals surface area contributed by atoms with Gasteiger partial charge in [-0.2, -0.15) is 0 Å². The van der Waals surface area contributed by atoms with Crippen molar-refractivity contribution in [3.63, 3.8) is 0 Å². The van der Waals surface area contributed by atoms with Gasteiger partial charge in [-0.15, -0.1) is 0 Å². The lowest BCUT2D eigenvalue weighted by atomic mass is 9.44. The third kappa shape index (κ3) is 3.08. The van der Waals surface area contributed by atoms with Crippen LogP contribution >= 0.6 is 0 Å². The fraction of sp³-hybridized carbons (Fsp3) is 0.966. The van der Waals surface area contributed by atoms with E-state index < -0.39 is 11.4 Å². The molecule has 0 bridgehead atoms. The number of hydrogen-bond acceptors (Lipinski definition) is 5. The second-order valence-corrected chi connectivity index (χ2v) is 13.8. The molecule has 2 N–H and O–H groups in total. The van der Waals surface area contributed by atoms with Crippen molar-refractivity contribution in [2.45, 2.75) is 116 Å². The summed E-state index contributed by atoms with van der Waals surface area (Å²) < 4.78 is 13.3. The predicted octanol–water partition coefficient (Wildman–Crippen LogP) is 4.98. The highest BCUT2D eigenvalue weighted by atomic mass is 16.7. The highest BCUT2D eigenvalue weighted by Gasteiger charge is 2.71. The van der Waals surface area contributed by atoms with E-state index in [-0.39, 0.29) is 23.5 Å². The summed E-state index contributed by atoms with van der Waals surface area (Å²) >= 11 is 0. The summed E-state index contributed by atoms with van der Waals surface area (Å²) in [5.41, 5.74) is 0.198. The first-order valence-electron chi connectivity index (χ1n) is 14.3. The van der Waals surface area contributed by atoms with Crippen molar-refractivity contribution >= 4 is 5.71 Å². The number of aliphatic hydroxyl groups is 2. The van der Waals surface area contributed by atoms with Gasteiger partial charge in [0, 0.05) is 25.5 Å². The quantitative estimate of drug-likeness (QED) is 0.593. The molecule has 0 aromatic rings. The van der Waals surface area contributed by atoms with Gasteiger partial charge in [0.25, 0.3) is 0 Å². The zero-order valence-electron chi connectivity index (χ0n) is 22.1. The Balaban J connectivity index is 1.35. The Labute approximate surface area is 206 Å². The molecule has 34 heavy (non-hydrogen) atoms. The molecule has 5 nitrogen and oxygen atoms in total. The zero-order chi connectivity index (χ0) is 24.1. The molecule has 4 aliphatic carbocycles. The third-order valence-corrected chi connectivity index (χ3v) is 12.0. The molecule has 12 atom stereocenters. The van der Waals surface area contributed by atoms with Gasteiger partial charge < -0.3 is 19.7 Å². The molecule has 0 aromatic heterocycles. The standard InChI is InChI=1S/C29H47NO4/c1-6-33-29-15-17(2)16-30-25(29)28(5,32)24-23(34-29)14-22-20-8-7-18-13-19(31)9-11-26(18,3)21(20)10-12-27(22,24)4/h17-24,31-32H,6-16H2,1-5H3/t17-,18-,19-,20+,21-,22-,23-,24-,26-,27-,28+,29+/m0/s1. The van der Waals surface area contributed by atoms with Gasteiger partial charge in [-0.05, 0) is 106 Å². The topological polar surface area (TPSA) is 71.3 Å². The van der Waals surface area contributed by atoms with Crippen molar-refractivity contribution < 1.29 is 19.7 Å². The molecule has 2 aliphatic heterocycles. The van der Waals surface area contributed by atoms with E-state index >= 15 is 0 Å². The van der Waals surface area contributed by atoms with Crippen molar-refractivity contribution in [3.8, 4) is 0 Å². The Kier molecular flexibility index (Phi) is 5.45. The minimum absolute atomic E-state index is 0.0262. The van der Waals surface area contributed by atoms with E-state index in [1.807, 2.05) is 13.8 Å². The molecule has 2 heterocycles. The number of ether oxygens (including phenoxy) is 2. The SMILES string of the molecule is CCO[C@@]12C[C@H](C)CN=C1[C@](C)(O)[C@H]1[C@H](C[C@H]3[C@@H]4CC[C@H]5C[C@@H](O)CC[C@]5(C)[C@H]4CC[C@@]31C)O2. The smallest absolute Gasteiger partial charge is 0.211 e. The first-order valence-corrected chi connectivity index (χ1v) is 14.3. The van der Waals surface area contributed by atoms with Gasteiger partial charge in [-0.25, -0.2) is 0 Å². The first-order chi connectivity index (χ1) is 16.0.